The highest BCUT2D eigenvalue weighted by atomic mass is 31.2. The normalized spacial score (nSPS) is 12.8. The van der Waals surface area contributed by atoms with Gasteiger partial charge in [-0.05, 0) is 0 Å². The monoisotopic (exact) mass is 225 g/mol. The van der Waals surface area contributed by atoms with Crippen LogP contribution >= 0.6 is 7.60 Å². The van der Waals surface area contributed by atoms with Gasteiger partial charge in [0.25, 0.3) is 0 Å². The molecule has 0 aliphatic carbocycles. The molecule has 0 aromatic rings. The average molecular weight is 225 g/mol. The largest absolute Gasteiger partial charge is 0.414 e. The average Bonchev–Trinajstić information content (AvgIpc) is 2.00. The van der Waals surface area contributed by atoms with E-state index >= 15 is 0 Å². The molecule has 0 aromatic carbocycles. The Balaban J connectivity index is 4.57. The lowest BCUT2D eigenvalue weighted by atomic mass is 10.8. The number of carbonyl (C=O) groups excluding carboxylic acids is 2. The summed E-state index contributed by atoms with van der Waals surface area (Å²) >= 11 is 0. The van der Waals surface area contributed by atoms with Gasteiger partial charge in [0.1, 0.15) is 6.21 Å². The molecule has 0 aliphatic rings. The third-order valence-electron chi connectivity index (χ3n) is 0.876. The zero-order valence-corrected chi connectivity index (χ0v) is 7.93. The fourth-order valence-corrected chi connectivity index (χ4v) is 0.964. The van der Waals surface area contributed by atoms with Crippen LogP contribution in [0.15, 0.2) is 0 Å². The second-order valence-electron chi connectivity index (χ2n) is 2.09. The first kappa shape index (κ1) is 12.8. The summed E-state index contributed by atoms with van der Waals surface area (Å²) in [5.41, 5.74) is 0. The number of ether oxygens (including phenoxy) is 2. The van der Waals surface area contributed by atoms with Gasteiger partial charge in [-0.2, -0.15) is 0 Å². The molecule has 1 atom stereocenters. The van der Waals surface area contributed by atoms with E-state index in [0.29, 0.717) is 0 Å². The summed E-state index contributed by atoms with van der Waals surface area (Å²) in [4.78, 5) is 37.9. The first-order chi connectivity index (χ1) is 6.27. The Morgan fingerprint density at radius 3 is 2.21 bits per heavy atom. The first-order valence-electron chi connectivity index (χ1n) is 3.21. The highest BCUT2D eigenvalue weighted by molar-refractivity contribution is 7.52. The van der Waals surface area contributed by atoms with Crippen LogP contribution in [0, 0.1) is 5.41 Å². The van der Waals surface area contributed by atoms with Crippen LogP contribution in [0.25, 0.3) is 0 Å². The molecule has 14 heavy (non-hydrogen) atoms. The SMILES string of the molecule is CC(=O)OC(OC(=O)C=N)P(=O)(O)O. The second kappa shape index (κ2) is 4.85. The van der Waals surface area contributed by atoms with Crippen molar-refractivity contribution in [2.45, 2.75) is 13.0 Å². The molecule has 0 spiro atoms. The molecular weight excluding hydrogens is 217 g/mol. The van der Waals surface area contributed by atoms with Gasteiger partial charge in [-0.15, -0.1) is 0 Å². The van der Waals surface area contributed by atoms with Crippen LogP contribution in [0.3, 0.4) is 0 Å². The van der Waals surface area contributed by atoms with Crippen LogP contribution in [0.5, 0.6) is 0 Å². The number of hydrogen-bond acceptors (Lipinski definition) is 6. The van der Waals surface area contributed by atoms with Gasteiger partial charge in [0.15, 0.2) is 0 Å². The van der Waals surface area contributed by atoms with Gasteiger partial charge >= 0.3 is 25.6 Å². The van der Waals surface area contributed by atoms with Crippen molar-refractivity contribution in [1.82, 2.24) is 0 Å². The summed E-state index contributed by atoms with van der Waals surface area (Å²) in [6.07, 6.45) is 0.187. The van der Waals surface area contributed by atoms with E-state index in [1.807, 2.05) is 0 Å². The predicted molar refractivity (Wildman–Crippen MR) is 42.5 cm³/mol. The van der Waals surface area contributed by atoms with E-state index in [1.54, 1.807) is 0 Å². The van der Waals surface area contributed by atoms with Crippen molar-refractivity contribution >= 4 is 25.7 Å². The lowest BCUT2D eigenvalue weighted by molar-refractivity contribution is -0.170. The number of esters is 2. The molecule has 0 radical (unpaired) electrons. The molecule has 8 nitrogen and oxygen atoms in total. The summed E-state index contributed by atoms with van der Waals surface area (Å²) in [6, 6.07) is -2.30. The molecule has 1 unspecified atom stereocenters. The highest BCUT2D eigenvalue weighted by Crippen LogP contribution is 2.42. The standard InChI is InChI=1S/C5H8NO7P/c1-3(7)12-5(14(9,10)11)13-4(8)2-6/h2,5-6H,1H3,(H2,9,10,11). The van der Waals surface area contributed by atoms with E-state index in [-0.39, 0.29) is 6.21 Å². The summed E-state index contributed by atoms with van der Waals surface area (Å²) in [5.74, 6) is -2.34. The van der Waals surface area contributed by atoms with E-state index < -0.39 is 25.6 Å². The van der Waals surface area contributed by atoms with Crippen molar-refractivity contribution < 1.29 is 33.4 Å². The number of carbonyl (C=O) groups is 2. The lowest BCUT2D eigenvalue weighted by Gasteiger charge is -2.16. The van der Waals surface area contributed by atoms with Gasteiger partial charge in [0, 0.05) is 6.92 Å². The van der Waals surface area contributed by atoms with E-state index in [0.717, 1.165) is 6.92 Å². The number of nitrogens with one attached hydrogen (secondary N) is 1. The Morgan fingerprint density at radius 2 is 1.93 bits per heavy atom. The fourth-order valence-electron chi connectivity index (χ4n) is 0.437. The predicted octanol–water partition coefficient (Wildman–Crippen LogP) is -0.796. The number of rotatable bonds is 4. The van der Waals surface area contributed by atoms with Crippen LogP contribution in [0.1, 0.15) is 6.92 Å². The van der Waals surface area contributed by atoms with Crippen LogP contribution in [-0.4, -0.2) is 34.0 Å². The second-order valence-corrected chi connectivity index (χ2v) is 3.69. The summed E-state index contributed by atoms with van der Waals surface area (Å²) in [5, 5.41) is 6.40. The molecule has 0 aromatic heterocycles. The molecule has 9 heteroatoms. The highest BCUT2D eigenvalue weighted by Gasteiger charge is 2.35. The lowest BCUT2D eigenvalue weighted by Crippen LogP contribution is -2.24. The molecule has 0 saturated carbocycles. The van der Waals surface area contributed by atoms with Crippen molar-refractivity contribution in [2.24, 2.45) is 0 Å². The first-order valence-corrected chi connectivity index (χ1v) is 4.89. The smallest absolute Gasteiger partial charge is 0.406 e. The topological polar surface area (TPSA) is 134 Å². The third-order valence-corrected chi connectivity index (χ3v) is 1.64. The van der Waals surface area contributed by atoms with Crippen LogP contribution in [-0.2, 0) is 23.6 Å². The molecule has 80 valence electrons. The van der Waals surface area contributed by atoms with E-state index in [4.69, 9.17) is 15.2 Å². The zero-order valence-electron chi connectivity index (χ0n) is 7.04. The molecule has 0 amide bonds. The third kappa shape index (κ3) is 4.70. The summed E-state index contributed by atoms with van der Waals surface area (Å²) < 4.78 is 18.6. The molecule has 0 fully saturated rings. The fraction of sp³-hybridized carbons (Fsp3) is 0.400. The maximum atomic E-state index is 10.6. The van der Waals surface area contributed by atoms with Crippen molar-refractivity contribution in [3.63, 3.8) is 0 Å². The molecule has 0 aliphatic heterocycles. The van der Waals surface area contributed by atoms with Gasteiger partial charge in [-0.1, -0.05) is 0 Å². The molecule has 0 saturated heterocycles. The van der Waals surface area contributed by atoms with Crippen molar-refractivity contribution in [3.8, 4) is 0 Å². The van der Waals surface area contributed by atoms with Crippen LogP contribution < -0.4 is 0 Å². The Hall–Kier alpha value is -1.24. The Kier molecular flexibility index (Phi) is 4.42. The van der Waals surface area contributed by atoms with E-state index in [9.17, 15) is 14.2 Å². The molecule has 0 heterocycles. The molecule has 3 N–H and O–H groups in total. The maximum Gasteiger partial charge on any atom is 0.406 e. The summed E-state index contributed by atoms with van der Waals surface area (Å²) in [7, 11) is -4.89. The van der Waals surface area contributed by atoms with Crippen molar-refractivity contribution in [2.75, 3.05) is 0 Å². The minimum Gasteiger partial charge on any atom is -0.414 e. The Labute approximate surface area is 78.5 Å². The minimum atomic E-state index is -4.89. The van der Waals surface area contributed by atoms with Crippen LogP contribution in [0.2, 0.25) is 0 Å². The molecular formula is C5H8NO7P. The quantitative estimate of drug-likeness (QED) is 0.247. The zero-order chi connectivity index (χ0) is 11.4. The maximum absolute atomic E-state index is 10.6. The molecule has 0 rings (SSSR count). The van der Waals surface area contributed by atoms with E-state index in [1.165, 1.54) is 0 Å². The molecule has 0 bridgehead atoms. The van der Waals surface area contributed by atoms with E-state index in [2.05, 4.69) is 9.47 Å². The number of hydrogen-bond donors (Lipinski definition) is 3. The Bertz CT molecular complexity index is 294. The van der Waals surface area contributed by atoms with Crippen molar-refractivity contribution in [1.29, 1.82) is 5.41 Å². The van der Waals surface area contributed by atoms with Gasteiger partial charge in [-0.3, -0.25) is 9.36 Å². The summed E-state index contributed by atoms with van der Waals surface area (Å²) in [6.45, 7) is 0.890. The van der Waals surface area contributed by atoms with Gasteiger partial charge in [0.05, 0.1) is 0 Å². The van der Waals surface area contributed by atoms with Gasteiger partial charge < -0.3 is 24.7 Å². The van der Waals surface area contributed by atoms with Gasteiger partial charge in [-0.25, -0.2) is 4.79 Å². The Morgan fingerprint density at radius 1 is 1.43 bits per heavy atom. The van der Waals surface area contributed by atoms with Crippen molar-refractivity contribution in [3.05, 3.63) is 0 Å². The van der Waals surface area contributed by atoms with Crippen LogP contribution in [0.4, 0.5) is 0 Å². The van der Waals surface area contributed by atoms with Gasteiger partial charge in [0.2, 0.25) is 0 Å². The minimum absolute atomic E-state index is 0.187.